The Morgan fingerprint density at radius 1 is 1.41 bits per heavy atom. The van der Waals surface area contributed by atoms with Crippen LogP contribution in [0.1, 0.15) is 25.7 Å². The number of halogens is 2. The van der Waals surface area contributed by atoms with Gasteiger partial charge in [-0.15, -0.1) is 11.6 Å². The third-order valence-electron chi connectivity index (χ3n) is 2.57. The predicted molar refractivity (Wildman–Crippen MR) is 71.0 cm³/mol. The van der Waals surface area contributed by atoms with Gasteiger partial charge in [0.15, 0.2) is 0 Å². The van der Waals surface area contributed by atoms with Crippen molar-refractivity contribution in [3.05, 3.63) is 39.4 Å². The molecule has 0 fully saturated rings. The fraction of sp³-hybridized carbons (Fsp3) is 0.333. The second-order valence-corrected chi connectivity index (χ2v) is 4.80. The Hall–Kier alpha value is -1.06. The van der Waals surface area contributed by atoms with Crippen molar-refractivity contribution in [3.63, 3.8) is 0 Å². The molecule has 1 aromatic carbocycles. The molecule has 0 aliphatic heterocycles. The number of nitrogens with zero attached hydrogens (tertiary/aromatic N) is 2. The maximum absolute atomic E-state index is 12.3. The summed E-state index contributed by atoms with van der Waals surface area (Å²) in [6.07, 6.45) is 0. The van der Waals surface area contributed by atoms with Crippen molar-refractivity contribution in [2.75, 3.05) is 0 Å². The minimum atomic E-state index is -0.0943. The van der Waals surface area contributed by atoms with E-state index in [0.717, 1.165) is 0 Å². The molecule has 5 heteroatoms. The van der Waals surface area contributed by atoms with E-state index in [1.165, 1.54) is 0 Å². The van der Waals surface area contributed by atoms with Gasteiger partial charge in [0.25, 0.3) is 5.56 Å². The topological polar surface area (TPSA) is 34.9 Å². The van der Waals surface area contributed by atoms with E-state index in [0.29, 0.717) is 21.7 Å². The van der Waals surface area contributed by atoms with Crippen LogP contribution in [0.3, 0.4) is 0 Å². The molecule has 1 heterocycles. The van der Waals surface area contributed by atoms with Gasteiger partial charge in [0, 0.05) is 11.1 Å². The number of aromatic nitrogens is 2. The average molecular weight is 271 g/mol. The molecular formula is C12H12Cl2N2O. The number of alkyl halides is 1. The highest BCUT2D eigenvalue weighted by Crippen LogP contribution is 2.17. The first-order valence-electron chi connectivity index (χ1n) is 5.31. The fourth-order valence-corrected chi connectivity index (χ4v) is 2.20. The molecule has 0 aliphatic rings. The Morgan fingerprint density at radius 3 is 2.71 bits per heavy atom. The summed E-state index contributed by atoms with van der Waals surface area (Å²) in [5.74, 6) is 0.799. The van der Waals surface area contributed by atoms with E-state index < -0.39 is 0 Å². The second kappa shape index (κ2) is 4.67. The SMILES string of the molecule is CC(C)n1c(CCl)nc2ccc(Cl)cc2c1=O. The molecule has 0 spiro atoms. The Morgan fingerprint density at radius 2 is 2.12 bits per heavy atom. The van der Waals surface area contributed by atoms with Crippen LogP contribution in [0.15, 0.2) is 23.0 Å². The molecule has 2 aromatic rings. The summed E-state index contributed by atoms with van der Waals surface area (Å²) in [5.41, 5.74) is 0.537. The molecule has 0 radical (unpaired) electrons. The largest absolute Gasteiger partial charge is 0.293 e. The lowest BCUT2D eigenvalue weighted by atomic mass is 10.2. The molecule has 0 atom stereocenters. The molecule has 0 amide bonds. The maximum Gasteiger partial charge on any atom is 0.261 e. The molecule has 90 valence electrons. The molecule has 1 aromatic heterocycles. The minimum absolute atomic E-state index is 0.0205. The van der Waals surface area contributed by atoms with Gasteiger partial charge < -0.3 is 0 Å². The average Bonchev–Trinajstić information content (AvgIpc) is 2.29. The lowest BCUT2D eigenvalue weighted by Gasteiger charge is -2.15. The third kappa shape index (κ3) is 2.17. The monoisotopic (exact) mass is 270 g/mol. The van der Waals surface area contributed by atoms with Crippen LogP contribution in [0.5, 0.6) is 0 Å². The van der Waals surface area contributed by atoms with E-state index in [4.69, 9.17) is 23.2 Å². The summed E-state index contributed by atoms with van der Waals surface area (Å²) in [5, 5.41) is 1.06. The Kier molecular flexibility index (Phi) is 3.40. The van der Waals surface area contributed by atoms with Crippen molar-refractivity contribution in [1.29, 1.82) is 0 Å². The van der Waals surface area contributed by atoms with Crippen LogP contribution in [0.25, 0.3) is 10.9 Å². The molecule has 0 aliphatic carbocycles. The predicted octanol–water partition coefficient (Wildman–Crippen LogP) is 3.37. The van der Waals surface area contributed by atoms with Gasteiger partial charge in [-0.1, -0.05) is 11.6 Å². The molecule has 0 unspecified atom stereocenters. The van der Waals surface area contributed by atoms with Crippen LogP contribution < -0.4 is 5.56 Å². The summed E-state index contributed by atoms with van der Waals surface area (Å²) < 4.78 is 1.60. The molecule has 0 saturated heterocycles. The van der Waals surface area contributed by atoms with Crippen molar-refractivity contribution < 1.29 is 0 Å². The van der Waals surface area contributed by atoms with Crippen molar-refractivity contribution in [3.8, 4) is 0 Å². The zero-order valence-corrected chi connectivity index (χ0v) is 11.1. The molecule has 17 heavy (non-hydrogen) atoms. The molecule has 0 N–H and O–H groups in total. The summed E-state index contributed by atoms with van der Waals surface area (Å²) in [6, 6.07) is 5.11. The standard InChI is InChI=1S/C12H12Cl2N2O/c1-7(2)16-11(6-13)15-10-4-3-8(14)5-9(10)12(16)17/h3-5,7H,6H2,1-2H3. The second-order valence-electron chi connectivity index (χ2n) is 4.09. The highest BCUT2D eigenvalue weighted by Gasteiger charge is 2.12. The highest BCUT2D eigenvalue weighted by molar-refractivity contribution is 6.31. The smallest absolute Gasteiger partial charge is 0.261 e. The summed E-state index contributed by atoms with van der Waals surface area (Å²) in [4.78, 5) is 16.7. The number of rotatable bonds is 2. The normalized spacial score (nSPS) is 11.4. The van der Waals surface area contributed by atoms with Crippen molar-refractivity contribution in [2.45, 2.75) is 25.8 Å². The van der Waals surface area contributed by atoms with Crippen LogP contribution in [0, 0.1) is 0 Å². The van der Waals surface area contributed by atoms with E-state index in [1.54, 1.807) is 22.8 Å². The quantitative estimate of drug-likeness (QED) is 0.785. The number of hydrogen-bond acceptors (Lipinski definition) is 2. The zero-order valence-electron chi connectivity index (χ0n) is 9.58. The van der Waals surface area contributed by atoms with Gasteiger partial charge in [0.2, 0.25) is 0 Å². The van der Waals surface area contributed by atoms with E-state index in [-0.39, 0.29) is 17.5 Å². The summed E-state index contributed by atoms with van der Waals surface area (Å²) in [6.45, 7) is 3.85. The van der Waals surface area contributed by atoms with Crippen molar-refractivity contribution >= 4 is 34.1 Å². The van der Waals surface area contributed by atoms with Gasteiger partial charge in [-0.05, 0) is 32.0 Å². The van der Waals surface area contributed by atoms with Crippen molar-refractivity contribution in [2.24, 2.45) is 0 Å². The van der Waals surface area contributed by atoms with Crippen molar-refractivity contribution in [1.82, 2.24) is 9.55 Å². The Balaban J connectivity index is 2.89. The highest BCUT2D eigenvalue weighted by atomic mass is 35.5. The van der Waals surface area contributed by atoms with E-state index in [2.05, 4.69) is 4.98 Å². The van der Waals surface area contributed by atoms with Gasteiger partial charge in [0.05, 0.1) is 16.8 Å². The van der Waals surface area contributed by atoms with Gasteiger partial charge in [-0.2, -0.15) is 0 Å². The zero-order chi connectivity index (χ0) is 12.6. The number of fused-ring (bicyclic) bond motifs is 1. The van der Waals surface area contributed by atoms with Crippen LogP contribution in [-0.4, -0.2) is 9.55 Å². The molecular weight excluding hydrogens is 259 g/mol. The molecule has 3 nitrogen and oxygen atoms in total. The fourth-order valence-electron chi connectivity index (χ4n) is 1.84. The lowest BCUT2D eigenvalue weighted by molar-refractivity contribution is 0.552. The lowest BCUT2D eigenvalue weighted by Crippen LogP contribution is -2.26. The Bertz CT molecular complexity index is 620. The van der Waals surface area contributed by atoms with E-state index in [9.17, 15) is 4.79 Å². The maximum atomic E-state index is 12.3. The molecule has 2 rings (SSSR count). The third-order valence-corrected chi connectivity index (χ3v) is 3.05. The van der Waals surface area contributed by atoms with Gasteiger partial charge in [-0.25, -0.2) is 4.98 Å². The van der Waals surface area contributed by atoms with Gasteiger partial charge in [-0.3, -0.25) is 9.36 Å². The van der Waals surface area contributed by atoms with Crippen LogP contribution in [-0.2, 0) is 5.88 Å². The number of hydrogen-bond donors (Lipinski definition) is 0. The first-order chi connectivity index (χ1) is 8.04. The molecule has 0 saturated carbocycles. The van der Waals surface area contributed by atoms with E-state index in [1.807, 2.05) is 13.8 Å². The first-order valence-corrected chi connectivity index (χ1v) is 6.22. The van der Waals surface area contributed by atoms with E-state index >= 15 is 0 Å². The summed E-state index contributed by atoms with van der Waals surface area (Å²) >= 11 is 11.7. The molecule has 0 bridgehead atoms. The Labute approximate surface area is 109 Å². The first kappa shape index (κ1) is 12.4. The number of benzene rings is 1. The minimum Gasteiger partial charge on any atom is -0.293 e. The van der Waals surface area contributed by atoms with Gasteiger partial charge >= 0.3 is 0 Å². The van der Waals surface area contributed by atoms with Crippen LogP contribution >= 0.6 is 23.2 Å². The van der Waals surface area contributed by atoms with Crippen LogP contribution in [0.2, 0.25) is 5.02 Å². The van der Waals surface area contributed by atoms with Crippen LogP contribution in [0.4, 0.5) is 0 Å². The van der Waals surface area contributed by atoms with Gasteiger partial charge in [0.1, 0.15) is 5.82 Å². The summed E-state index contributed by atoms with van der Waals surface area (Å²) in [7, 11) is 0.